The van der Waals surface area contributed by atoms with Crippen molar-refractivity contribution in [1.29, 1.82) is 0 Å². The minimum atomic E-state index is 0.395. The highest BCUT2D eigenvalue weighted by atomic mass is 32.1. The van der Waals surface area contributed by atoms with Crippen LogP contribution in [0.2, 0.25) is 0 Å². The van der Waals surface area contributed by atoms with Crippen LogP contribution in [-0.4, -0.2) is 25.8 Å². The molecule has 0 fully saturated rings. The average molecular weight is 502 g/mol. The van der Waals surface area contributed by atoms with Gasteiger partial charge in [-0.15, -0.1) is 17.9 Å². The van der Waals surface area contributed by atoms with Crippen molar-refractivity contribution in [2.45, 2.75) is 32.7 Å². The molecular formula is C29H31N3O3S. The van der Waals surface area contributed by atoms with Crippen LogP contribution in [0.15, 0.2) is 94.7 Å². The number of allylic oxidation sites excluding steroid dienone is 2. The molecule has 1 heterocycles. The molecule has 1 aromatic heterocycles. The molecule has 0 saturated carbocycles. The summed E-state index contributed by atoms with van der Waals surface area (Å²) >= 11 is 1.56. The van der Waals surface area contributed by atoms with Crippen LogP contribution < -0.4 is 14.8 Å². The second-order valence-electron chi connectivity index (χ2n) is 7.79. The van der Waals surface area contributed by atoms with Crippen molar-refractivity contribution in [3.8, 4) is 16.6 Å². The van der Waals surface area contributed by atoms with Crippen molar-refractivity contribution in [3.63, 3.8) is 0 Å². The molecule has 0 bridgehead atoms. The number of ether oxygens (including phenoxy) is 2. The Balaban J connectivity index is 1.76. The third-order valence-electron chi connectivity index (χ3n) is 5.35. The van der Waals surface area contributed by atoms with Crippen molar-refractivity contribution >= 4 is 35.7 Å². The lowest BCUT2D eigenvalue weighted by molar-refractivity contribution is -0.107. The fourth-order valence-corrected chi connectivity index (χ4v) is 4.31. The van der Waals surface area contributed by atoms with E-state index < -0.39 is 0 Å². The molecule has 0 radical (unpaired) electrons. The van der Waals surface area contributed by atoms with Gasteiger partial charge in [0.25, 0.3) is 0 Å². The number of carbonyl (C=O) groups is 1. The first-order chi connectivity index (χ1) is 17.6. The second-order valence-corrected chi connectivity index (χ2v) is 8.92. The zero-order chi connectivity index (χ0) is 25.8. The van der Waals surface area contributed by atoms with E-state index in [9.17, 15) is 4.79 Å². The van der Waals surface area contributed by atoms with Crippen LogP contribution in [0.1, 0.15) is 30.2 Å². The Bertz CT molecular complexity index is 1230. The van der Waals surface area contributed by atoms with E-state index in [2.05, 4.69) is 30.5 Å². The van der Waals surface area contributed by atoms with E-state index in [4.69, 9.17) is 14.5 Å². The summed E-state index contributed by atoms with van der Waals surface area (Å²) in [6, 6.07) is 19.2. The number of aliphatic imine (C=N–C) groups is 2. The molecule has 0 aliphatic heterocycles. The molecule has 0 aliphatic rings. The fraction of sp³-hybridized carbons (Fsp3) is 0.207. The Morgan fingerprint density at radius 2 is 1.78 bits per heavy atom. The van der Waals surface area contributed by atoms with Crippen LogP contribution in [0.3, 0.4) is 0 Å². The first-order valence-corrected chi connectivity index (χ1v) is 12.5. The Labute approximate surface area is 216 Å². The fourth-order valence-electron chi connectivity index (χ4n) is 3.51. The quantitative estimate of drug-likeness (QED) is 0.144. The minimum Gasteiger partial charge on any atom is -0.497 e. The predicted octanol–water partition coefficient (Wildman–Crippen LogP) is 7.24. The molecule has 3 rings (SSSR count). The second kappa shape index (κ2) is 13.8. The number of carbonyl (C=O) groups excluding carboxylic acids is 1. The zero-order valence-electron chi connectivity index (χ0n) is 20.7. The van der Waals surface area contributed by atoms with Crippen LogP contribution in [0.4, 0.5) is 5.69 Å². The number of nitrogens with one attached hydrogen (secondary N) is 1. The molecule has 1 N–H and O–H groups in total. The van der Waals surface area contributed by atoms with Gasteiger partial charge in [0.2, 0.25) is 0 Å². The molecule has 2 aromatic carbocycles. The summed E-state index contributed by atoms with van der Waals surface area (Å²) in [5, 5.41) is 4.15. The minimum absolute atomic E-state index is 0.395. The number of rotatable bonds is 14. The Morgan fingerprint density at radius 3 is 2.39 bits per heavy atom. The van der Waals surface area contributed by atoms with E-state index in [1.54, 1.807) is 18.4 Å². The van der Waals surface area contributed by atoms with E-state index >= 15 is 0 Å². The highest BCUT2D eigenvalue weighted by Gasteiger charge is 2.12. The monoisotopic (exact) mass is 501 g/mol. The summed E-state index contributed by atoms with van der Waals surface area (Å²) in [5.74, 6) is 2.19. The molecule has 3 aromatic rings. The molecule has 0 saturated heterocycles. The number of thiophene rings is 1. The highest BCUT2D eigenvalue weighted by Crippen LogP contribution is 2.31. The molecule has 186 valence electrons. The topological polar surface area (TPSA) is 72.3 Å². The normalized spacial score (nSPS) is 11.9. The van der Waals surface area contributed by atoms with Gasteiger partial charge >= 0.3 is 0 Å². The van der Waals surface area contributed by atoms with Gasteiger partial charge in [-0.1, -0.05) is 25.1 Å². The molecule has 36 heavy (non-hydrogen) atoms. The Hall–Kier alpha value is -3.97. The van der Waals surface area contributed by atoms with Gasteiger partial charge in [-0.25, -0.2) is 4.99 Å². The van der Waals surface area contributed by atoms with Crippen molar-refractivity contribution in [2.75, 3.05) is 12.4 Å². The molecule has 0 unspecified atom stereocenters. The average Bonchev–Trinajstić information content (AvgIpc) is 3.35. The van der Waals surface area contributed by atoms with E-state index in [0.717, 1.165) is 56.7 Å². The highest BCUT2D eigenvalue weighted by molar-refractivity contribution is 7.13. The van der Waals surface area contributed by atoms with Crippen molar-refractivity contribution in [3.05, 3.63) is 95.2 Å². The van der Waals surface area contributed by atoms with Gasteiger partial charge in [0.15, 0.2) is 5.06 Å². The summed E-state index contributed by atoms with van der Waals surface area (Å²) in [7, 11) is 1.64. The largest absolute Gasteiger partial charge is 0.497 e. The SMILES string of the molecule is C=CC/C(C(CC)=NCc1ccc(Oc2ccc(OC)cc2)s1)=C(/N=C)Nc1ccc(CC=O)cc1. The Morgan fingerprint density at radius 1 is 1.06 bits per heavy atom. The summed E-state index contributed by atoms with van der Waals surface area (Å²) in [6.45, 7) is 10.3. The summed E-state index contributed by atoms with van der Waals surface area (Å²) in [5.41, 5.74) is 3.71. The summed E-state index contributed by atoms with van der Waals surface area (Å²) in [4.78, 5) is 21.0. The van der Waals surface area contributed by atoms with Crippen molar-refractivity contribution in [2.24, 2.45) is 9.98 Å². The molecule has 6 nitrogen and oxygen atoms in total. The third kappa shape index (κ3) is 7.52. The smallest absolute Gasteiger partial charge is 0.181 e. The van der Waals surface area contributed by atoms with E-state index in [1.807, 2.05) is 66.7 Å². The van der Waals surface area contributed by atoms with Gasteiger partial charge in [-0.3, -0.25) is 4.99 Å². The molecule has 0 spiro atoms. The third-order valence-corrected chi connectivity index (χ3v) is 6.30. The maximum Gasteiger partial charge on any atom is 0.181 e. The Kier molecular flexibility index (Phi) is 10.2. The van der Waals surface area contributed by atoms with Crippen LogP contribution in [0, 0.1) is 0 Å². The van der Waals surface area contributed by atoms with E-state index in [0.29, 0.717) is 25.2 Å². The van der Waals surface area contributed by atoms with Gasteiger partial charge < -0.3 is 19.6 Å². The van der Waals surface area contributed by atoms with Crippen LogP contribution >= 0.6 is 11.3 Å². The van der Waals surface area contributed by atoms with E-state index in [1.165, 1.54) is 0 Å². The number of anilines is 1. The van der Waals surface area contributed by atoms with Crippen molar-refractivity contribution in [1.82, 2.24) is 0 Å². The summed E-state index contributed by atoms with van der Waals surface area (Å²) in [6.07, 6.45) is 4.47. The first-order valence-electron chi connectivity index (χ1n) is 11.6. The van der Waals surface area contributed by atoms with Gasteiger partial charge in [0.05, 0.1) is 13.7 Å². The van der Waals surface area contributed by atoms with Gasteiger partial charge in [0, 0.05) is 28.3 Å². The number of hydrogen-bond acceptors (Lipinski definition) is 7. The standard InChI is InChI=1S/C29H31N3O3S/c1-5-7-26(29(30-3)32-22-10-8-21(9-11-22)18-19-33)27(6-2)31-20-25-16-17-28(36-25)35-24-14-12-23(34-4)13-15-24/h5,8-17,19,32H,1,3,6-7,18,20H2,2,4H3/b29-26+,31-27?. The molecule has 0 amide bonds. The number of methoxy groups -OCH3 is 1. The van der Waals surface area contributed by atoms with Gasteiger partial charge in [-0.05, 0) is 73.7 Å². The molecule has 0 atom stereocenters. The number of benzene rings is 2. The number of aldehydes is 1. The lowest BCUT2D eigenvalue weighted by atomic mass is 10.0. The maximum absolute atomic E-state index is 10.7. The van der Waals surface area contributed by atoms with Gasteiger partial charge in [0.1, 0.15) is 23.6 Å². The van der Waals surface area contributed by atoms with Crippen LogP contribution in [0.5, 0.6) is 16.6 Å². The van der Waals surface area contributed by atoms with Gasteiger partial charge in [-0.2, -0.15) is 0 Å². The number of nitrogens with zero attached hydrogens (tertiary/aromatic N) is 2. The first kappa shape index (κ1) is 26.6. The van der Waals surface area contributed by atoms with E-state index in [-0.39, 0.29) is 0 Å². The lowest BCUT2D eigenvalue weighted by Gasteiger charge is -2.15. The number of hydrogen-bond donors (Lipinski definition) is 1. The van der Waals surface area contributed by atoms with Crippen LogP contribution in [0.25, 0.3) is 0 Å². The predicted molar refractivity (Wildman–Crippen MR) is 150 cm³/mol. The lowest BCUT2D eigenvalue weighted by Crippen LogP contribution is -2.10. The zero-order valence-corrected chi connectivity index (χ0v) is 21.5. The maximum atomic E-state index is 10.7. The summed E-state index contributed by atoms with van der Waals surface area (Å²) < 4.78 is 11.2. The van der Waals surface area contributed by atoms with Crippen molar-refractivity contribution < 1.29 is 14.3 Å². The molecule has 0 aliphatic carbocycles. The van der Waals surface area contributed by atoms with Crippen LogP contribution in [-0.2, 0) is 17.8 Å². The molecule has 7 heteroatoms. The molecular weight excluding hydrogens is 470 g/mol.